The largest absolute Gasteiger partial charge is 0.381 e. The molecule has 2 heterocycles. The van der Waals surface area contributed by atoms with E-state index in [0.29, 0.717) is 19.8 Å². The predicted octanol–water partition coefficient (Wildman–Crippen LogP) is 1.69. The van der Waals surface area contributed by atoms with Gasteiger partial charge in [0.1, 0.15) is 5.82 Å². The number of nitrogens with zero attached hydrogens (tertiary/aromatic N) is 2. The Kier molecular flexibility index (Phi) is 5.59. The molecule has 0 bridgehead atoms. The molecule has 0 atom stereocenters. The van der Waals surface area contributed by atoms with Gasteiger partial charge in [-0.2, -0.15) is 0 Å². The van der Waals surface area contributed by atoms with Gasteiger partial charge in [0, 0.05) is 50.5 Å². The van der Waals surface area contributed by atoms with Crippen molar-refractivity contribution < 1.29 is 9.53 Å². The summed E-state index contributed by atoms with van der Waals surface area (Å²) in [6.45, 7) is 7.31. The highest BCUT2D eigenvalue weighted by atomic mass is 16.5. The van der Waals surface area contributed by atoms with Crippen molar-refractivity contribution in [2.45, 2.75) is 46.1 Å². The summed E-state index contributed by atoms with van der Waals surface area (Å²) in [5.41, 5.74) is 1.19. The van der Waals surface area contributed by atoms with Crippen LogP contribution in [0.2, 0.25) is 0 Å². The molecule has 1 aliphatic heterocycles. The molecule has 0 unspecified atom stereocenters. The van der Waals surface area contributed by atoms with Gasteiger partial charge in [-0.05, 0) is 26.2 Å². The van der Waals surface area contributed by atoms with Crippen LogP contribution in [0.4, 0.5) is 0 Å². The topological polar surface area (TPSA) is 56.2 Å². The van der Waals surface area contributed by atoms with Gasteiger partial charge < -0.3 is 14.6 Å². The summed E-state index contributed by atoms with van der Waals surface area (Å²) in [6.07, 6.45) is 5.48. The molecule has 5 nitrogen and oxygen atoms in total. The van der Waals surface area contributed by atoms with E-state index in [9.17, 15) is 4.79 Å². The van der Waals surface area contributed by atoms with Crippen LogP contribution < -0.4 is 5.32 Å². The van der Waals surface area contributed by atoms with Crippen molar-refractivity contribution in [2.75, 3.05) is 19.8 Å². The van der Waals surface area contributed by atoms with Crippen LogP contribution in [0.15, 0.2) is 6.20 Å². The maximum Gasteiger partial charge on any atom is 0.223 e. The van der Waals surface area contributed by atoms with E-state index in [1.807, 2.05) is 6.20 Å². The fourth-order valence-electron chi connectivity index (χ4n) is 2.64. The molecule has 0 aliphatic carbocycles. The molecule has 1 aliphatic rings. The van der Waals surface area contributed by atoms with Crippen LogP contribution in [0.1, 0.15) is 37.7 Å². The molecule has 0 radical (unpaired) electrons. The summed E-state index contributed by atoms with van der Waals surface area (Å²) >= 11 is 0. The lowest BCUT2D eigenvalue weighted by atomic mass is 9.99. The van der Waals surface area contributed by atoms with Crippen molar-refractivity contribution in [1.29, 1.82) is 0 Å². The van der Waals surface area contributed by atoms with Gasteiger partial charge in [0.25, 0.3) is 0 Å². The summed E-state index contributed by atoms with van der Waals surface area (Å²) in [5, 5.41) is 3.03. The van der Waals surface area contributed by atoms with Crippen LogP contribution in [0.3, 0.4) is 0 Å². The average molecular weight is 279 g/mol. The van der Waals surface area contributed by atoms with Crippen molar-refractivity contribution in [1.82, 2.24) is 14.9 Å². The van der Waals surface area contributed by atoms with E-state index in [-0.39, 0.29) is 11.8 Å². The number of hydrogen-bond acceptors (Lipinski definition) is 3. The highest BCUT2D eigenvalue weighted by Gasteiger charge is 2.21. The molecule has 1 saturated heterocycles. The number of nitrogens with one attached hydrogen (secondary N) is 1. The number of carbonyl (C=O) groups is 1. The summed E-state index contributed by atoms with van der Waals surface area (Å²) < 4.78 is 7.51. The summed E-state index contributed by atoms with van der Waals surface area (Å²) in [4.78, 5) is 16.4. The van der Waals surface area contributed by atoms with Crippen LogP contribution in [-0.2, 0) is 22.5 Å². The van der Waals surface area contributed by atoms with Gasteiger partial charge in [-0.1, -0.05) is 6.92 Å². The number of aromatic nitrogens is 2. The second-order valence-electron chi connectivity index (χ2n) is 5.40. The molecule has 1 fully saturated rings. The summed E-state index contributed by atoms with van der Waals surface area (Å²) in [7, 11) is 0. The van der Waals surface area contributed by atoms with Crippen LogP contribution in [0, 0.1) is 12.8 Å². The smallest absolute Gasteiger partial charge is 0.223 e. The van der Waals surface area contributed by atoms with Crippen molar-refractivity contribution >= 4 is 5.91 Å². The molecule has 1 aromatic rings. The molecule has 112 valence electrons. The first kappa shape index (κ1) is 15.0. The molecule has 1 amide bonds. The molecule has 0 aromatic carbocycles. The first-order valence-electron chi connectivity index (χ1n) is 7.58. The Morgan fingerprint density at radius 3 is 2.95 bits per heavy atom. The Hall–Kier alpha value is -1.36. The number of rotatable bonds is 6. The van der Waals surface area contributed by atoms with Crippen molar-refractivity contribution in [3.63, 3.8) is 0 Å². The second kappa shape index (κ2) is 7.43. The standard InChI is InChI=1S/C15H25N3O2/c1-3-8-18-12(2)11-17-14(18)4-7-16-15(19)13-5-9-20-10-6-13/h11,13H,3-10H2,1-2H3,(H,16,19). The average Bonchev–Trinajstić information content (AvgIpc) is 2.82. The summed E-state index contributed by atoms with van der Waals surface area (Å²) in [5.74, 6) is 1.36. The number of imidazole rings is 1. The third-order valence-electron chi connectivity index (χ3n) is 3.82. The van der Waals surface area contributed by atoms with E-state index in [1.54, 1.807) is 0 Å². The number of aryl methyl sites for hydroxylation is 1. The quantitative estimate of drug-likeness (QED) is 0.862. The van der Waals surface area contributed by atoms with Gasteiger partial charge in [0.2, 0.25) is 5.91 Å². The van der Waals surface area contributed by atoms with Gasteiger partial charge in [0.15, 0.2) is 0 Å². The molecular formula is C15H25N3O2. The van der Waals surface area contributed by atoms with Gasteiger partial charge >= 0.3 is 0 Å². The Labute approximate surface area is 120 Å². The maximum absolute atomic E-state index is 12.0. The molecule has 2 rings (SSSR count). The highest BCUT2D eigenvalue weighted by molar-refractivity contribution is 5.78. The lowest BCUT2D eigenvalue weighted by Gasteiger charge is -2.21. The minimum atomic E-state index is 0.126. The highest BCUT2D eigenvalue weighted by Crippen LogP contribution is 2.14. The van der Waals surface area contributed by atoms with Gasteiger partial charge in [0.05, 0.1) is 0 Å². The van der Waals surface area contributed by atoms with E-state index in [2.05, 4.69) is 28.7 Å². The SMILES string of the molecule is CCCn1c(C)cnc1CCNC(=O)C1CCOCC1. The molecule has 20 heavy (non-hydrogen) atoms. The zero-order chi connectivity index (χ0) is 14.4. The zero-order valence-corrected chi connectivity index (χ0v) is 12.5. The van der Waals surface area contributed by atoms with E-state index in [0.717, 1.165) is 38.1 Å². The summed E-state index contributed by atoms with van der Waals surface area (Å²) in [6, 6.07) is 0. The molecular weight excluding hydrogens is 254 g/mol. The van der Waals surface area contributed by atoms with E-state index in [1.165, 1.54) is 5.69 Å². The number of amides is 1. The first-order valence-corrected chi connectivity index (χ1v) is 7.58. The fraction of sp³-hybridized carbons (Fsp3) is 0.733. The molecule has 0 spiro atoms. The van der Waals surface area contributed by atoms with E-state index in [4.69, 9.17) is 4.74 Å². The van der Waals surface area contributed by atoms with Crippen molar-refractivity contribution in [3.05, 3.63) is 17.7 Å². The van der Waals surface area contributed by atoms with Crippen LogP contribution in [0.5, 0.6) is 0 Å². The minimum Gasteiger partial charge on any atom is -0.381 e. The van der Waals surface area contributed by atoms with Gasteiger partial charge in [-0.3, -0.25) is 4.79 Å². The molecule has 0 saturated carbocycles. The molecule has 1 N–H and O–H groups in total. The monoisotopic (exact) mass is 279 g/mol. The normalized spacial score (nSPS) is 16.3. The van der Waals surface area contributed by atoms with Crippen LogP contribution in [-0.4, -0.2) is 35.2 Å². The fourth-order valence-corrected chi connectivity index (χ4v) is 2.64. The van der Waals surface area contributed by atoms with Crippen molar-refractivity contribution in [2.24, 2.45) is 5.92 Å². The Bertz CT molecular complexity index is 436. The van der Waals surface area contributed by atoms with E-state index < -0.39 is 0 Å². The van der Waals surface area contributed by atoms with Gasteiger partial charge in [-0.25, -0.2) is 4.98 Å². The Morgan fingerprint density at radius 2 is 2.25 bits per heavy atom. The van der Waals surface area contributed by atoms with Crippen LogP contribution in [0.25, 0.3) is 0 Å². The maximum atomic E-state index is 12.0. The predicted molar refractivity (Wildman–Crippen MR) is 77.5 cm³/mol. The Morgan fingerprint density at radius 1 is 1.50 bits per heavy atom. The third-order valence-corrected chi connectivity index (χ3v) is 3.82. The van der Waals surface area contributed by atoms with Crippen molar-refractivity contribution in [3.8, 4) is 0 Å². The number of carbonyl (C=O) groups excluding carboxylic acids is 1. The lowest BCUT2D eigenvalue weighted by molar-refractivity contribution is -0.127. The molecule has 5 heteroatoms. The number of ether oxygens (including phenoxy) is 1. The number of hydrogen-bond donors (Lipinski definition) is 1. The zero-order valence-electron chi connectivity index (χ0n) is 12.5. The minimum absolute atomic E-state index is 0.126. The lowest BCUT2D eigenvalue weighted by Crippen LogP contribution is -2.35. The van der Waals surface area contributed by atoms with E-state index >= 15 is 0 Å². The molecule has 1 aromatic heterocycles. The van der Waals surface area contributed by atoms with Crippen LogP contribution >= 0.6 is 0 Å². The Balaban J connectivity index is 1.79. The second-order valence-corrected chi connectivity index (χ2v) is 5.40. The van der Waals surface area contributed by atoms with Gasteiger partial charge in [-0.15, -0.1) is 0 Å². The third kappa shape index (κ3) is 3.82. The first-order chi connectivity index (χ1) is 9.72.